The third kappa shape index (κ3) is 4.89. The molecule has 1 heterocycles. The Kier molecular flexibility index (Phi) is 6.02. The molecule has 0 spiro atoms. The first-order valence-corrected chi connectivity index (χ1v) is 7.73. The predicted octanol–water partition coefficient (Wildman–Crippen LogP) is 2.69. The van der Waals surface area contributed by atoms with Crippen molar-refractivity contribution < 1.29 is 9.84 Å². The van der Waals surface area contributed by atoms with Gasteiger partial charge in [0.15, 0.2) is 0 Å². The summed E-state index contributed by atoms with van der Waals surface area (Å²) in [5, 5.41) is 13.6. The highest BCUT2D eigenvalue weighted by Gasteiger charge is 2.15. The maximum Gasteiger partial charge on any atom is 0.0914 e. The molecule has 20 heavy (non-hydrogen) atoms. The lowest BCUT2D eigenvalue weighted by Gasteiger charge is -2.24. The van der Waals surface area contributed by atoms with Crippen LogP contribution in [-0.4, -0.2) is 30.9 Å². The van der Waals surface area contributed by atoms with Gasteiger partial charge in [-0.05, 0) is 36.3 Å². The van der Waals surface area contributed by atoms with Gasteiger partial charge < -0.3 is 15.2 Å². The number of rotatable bonds is 6. The van der Waals surface area contributed by atoms with Crippen molar-refractivity contribution in [3.05, 3.63) is 35.4 Å². The number of aliphatic hydroxyl groups is 1. The van der Waals surface area contributed by atoms with Gasteiger partial charge in [0.25, 0.3) is 0 Å². The minimum atomic E-state index is -0.440. The van der Waals surface area contributed by atoms with E-state index in [1.54, 1.807) is 0 Å². The molecule has 1 fully saturated rings. The van der Waals surface area contributed by atoms with Crippen LogP contribution in [-0.2, 0) is 11.2 Å². The maximum atomic E-state index is 10.2. The highest BCUT2D eigenvalue weighted by atomic mass is 16.5. The number of hydrogen-bond donors (Lipinski definition) is 2. The Labute approximate surface area is 122 Å². The minimum absolute atomic E-state index is 0.388. The zero-order valence-electron chi connectivity index (χ0n) is 12.6. The van der Waals surface area contributed by atoms with Crippen molar-refractivity contribution in [3.63, 3.8) is 0 Å². The van der Waals surface area contributed by atoms with Crippen molar-refractivity contribution >= 4 is 0 Å². The van der Waals surface area contributed by atoms with Crippen LogP contribution in [0, 0.1) is 5.92 Å². The number of benzene rings is 1. The molecule has 112 valence electrons. The second kappa shape index (κ2) is 7.77. The van der Waals surface area contributed by atoms with Crippen molar-refractivity contribution in [1.82, 2.24) is 5.32 Å². The molecular formula is C17H27NO2. The monoisotopic (exact) mass is 277 g/mol. The van der Waals surface area contributed by atoms with E-state index < -0.39 is 6.10 Å². The molecule has 2 N–H and O–H groups in total. The van der Waals surface area contributed by atoms with Crippen molar-refractivity contribution in [2.45, 2.75) is 45.3 Å². The molecule has 1 aliphatic heterocycles. The first-order chi connectivity index (χ1) is 9.65. The van der Waals surface area contributed by atoms with E-state index in [1.165, 1.54) is 5.56 Å². The smallest absolute Gasteiger partial charge is 0.0914 e. The molecule has 1 saturated heterocycles. The molecule has 0 bridgehead atoms. The van der Waals surface area contributed by atoms with Gasteiger partial charge in [-0.15, -0.1) is 0 Å². The Hall–Kier alpha value is -0.900. The average Bonchev–Trinajstić information content (AvgIpc) is 2.46. The van der Waals surface area contributed by atoms with Crippen molar-refractivity contribution in [2.75, 3.05) is 19.8 Å². The van der Waals surface area contributed by atoms with Crippen LogP contribution in [0.25, 0.3) is 0 Å². The van der Waals surface area contributed by atoms with Crippen LogP contribution >= 0.6 is 0 Å². The zero-order chi connectivity index (χ0) is 14.4. The SMILES string of the molecule is CC(C)Cc1ccc(C(O)CNC2CCCOC2)cc1. The van der Waals surface area contributed by atoms with Crippen molar-refractivity contribution in [2.24, 2.45) is 5.92 Å². The molecular weight excluding hydrogens is 250 g/mol. The predicted molar refractivity (Wildman–Crippen MR) is 81.8 cm³/mol. The summed E-state index contributed by atoms with van der Waals surface area (Å²) in [6.07, 6.45) is 2.90. The van der Waals surface area contributed by atoms with E-state index in [-0.39, 0.29) is 0 Å². The van der Waals surface area contributed by atoms with Gasteiger partial charge >= 0.3 is 0 Å². The van der Waals surface area contributed by atoms with Gasteiger partial charge in [0, 0.05) is 19.2 Å². The number of ether oxygens (including phenoxy) is 1. The van der Waals surface area contributed by atoms with Crippen molar-refractivity contribution in [3.8, 4) is 0 Å². The van der Waals surface area contributed by atoms with E-state index in [4.69, 9.17) is 4.74 Å². The highest BCUT2D eigenvalue weighted by molar-refractivity contribution is 5.24. The van der Waals surface area contributed by atoms with E-state index in [2.05, 4.69) is 31.3 Å². The second-order valence-corrected chi connectivity index (χ2v) is 6.18. The van der Waals surface area contributed by atoms with Gasteiger partial charge in [0.05, 0.1) is 12.7 Å². The molecule has 0 saturated carbocycles. The summed E-state index contributed by atoms with van der Waals surface area (Å²) < 4.78 is 5.43. The van der Waals surface area contributed by atoms with Gasteiger partial charge in [0.1, 0.15) is 0 Å². The summed E-state index contributed by atoms with van der Waals surface area (Å²) in [5.41, 5.74) is 2.33. The number of aliphatic hydroxyl groups excluding tert-OH is 1. The summed E-state index contributed by atoms with van der Waals surface area (Å²) in [5.74, 6) is 0.666. The van der Waals surface area contributed by atoms with Crippen LogP contribution < -0.4 is 5.32 Å². The van der Waals surface area contributed by atoms with Crippen LogP contribution in [0.1, 0.15) is 43.9 Å². The minimum Gasteiger partial charge on any atom is -0.387 e. The lowest BCUT2D eigenvalue weighted by molar-refractivity contribution is 0.0639. The molecule has 0 amide bonds. The molecule has 0 radical (unpaired) electrons. The van der Waals surface area contributed by atoms with Crippen LogP contribution in [0.3, 0.4) is 0 Å². The van der Waals surface area contributed by atoms with Gasteiger partial charge in [-0.3, -0.25) is 0 Å². The third-order valence-corrected chi connectivity index (χ3v) is 3.77. The average molecular weight is 277 g/mol. The Morgan fingerprint density at radius 2 is 2.05 bits per heavy atom. The second-order valence-electron chi connectivity index (χ2n) is 6.18. The molecule has 0 aliphatic carbocycles. The Morgan fingerprint density at radius 1 is 1.30 bits per heavy atom. The molecule has 2 atom stereocenters. The van der Waals surface area contributed by atoms with E-state index >= 15 is 0 Å². The zero-order valence-corrected chi connectivity index (χ0v) is 12.6. The Balaban J connectivity index is 1.80. The maximum absolute atomic E-state index is 10.2. The van der Waals surface area contributed by atoms with E-state index in [9.17, 15) is 5.11 Å². The molecule has 3 nitrogen and oxygen atoms in total. The summed E-state index contributed by atoms with van der Waals surface area (Å²) >= 11 is 0. The van der Waals surface area contributed by atoms with Gasteiger partial charge in [0.2, 0.25) is 0 Å². The first kappa shape index (κ1) is 15.5. The number of hydrogen-bond acceptors (Lipinski definition) is 3. The first-order valence-electron chi connectivity index (χ1n) is 7.73. The fourth-order valence-electron chi connectivity index (χ4n) is 2.65. The third-order valence-electron chi connectivity index (χ3n) is 3.77. The molecule has 1 aromatic carbocycles. The molecule has 2 unspecified atom stereocenters. The fraction of sp³-hybridized carbons (Fsp3) is 0.647. The summed E-state index contributed by atoms with van der Waals surface area (Å²) in [4.78, 5) is 0. The molecule has 3 heteroatoms. The molecule has 2 rings (SSSR count). The van der Waals surface area contributed by atoms with E-state index in [0.717, 1.165) is 38.0 Å². The van der Waals surface area contributed by atoms with Crippen molar-refractivity contribution in [1.29, 1.82) is 0 Å². The van der Waals surface area contributed by atoms with Crippen LogP contribution in [0.15, 0.2) is 24.3 Å². The lowest BCUT2D eigenvalue weighted by atomic mass is 10.00. The normalized spacial score (nSPS) is 21.1. The standard InChI is InChI=1S/C17H27NO2/c1-13(2)10-14-5-7-15(8-6-14)17(19)11-18-16-4-3-9-20-12-16/h5-8,13,16-19H,3-4,9-12H2,1-2H3. The van der Waals surface area contributed by atoms with Crippen LogP contribution in [0.2, 0.25) is 0 Å². The molecule has 0 aromatic heterocycles. The largest absolute Gasteiger partial charge is 0.387 e. The van der Waals surface area contributed by atoms with E-state index in [0.29, 0.717) is 18.5 Å². The van der Waals surface area contributed by atoms with Gasteiger partial charge in [-0.2, -0.15) is 0 Å². The lowest BCUT2D eigenvalue weighted by Crippen LogP contribution is -2.38. The topological polar surface area (TPSA) is 41.5 Å². The summed E-state index contributed by atoms with van der Waals surface area (Å²) in [6, 6.07) is 8.73. The molecule has 1 aliphatic rings. The molecule has 1 aromatic rings. The van der Waals surface area contributed by atoms with Gasteiger partial charge in [-0.25, -0.2) is 0 Å². The summed E-state index contributed by atoms with van der Waals surface area (Å²) in [6.45, 7) is 6.67. The van der Waals surface area contributed by atoms with E-state index in [1.807, 2.05) is 12.1 Å². The summed E-state index contributed by atoms with van der Waals surface area (Å²) in [7, 11) is 0. The number of nitrogens with one attached hydrogen (secondary N) is 1. The quantitative estimate of drug-likeness (QED) is 0.840. The Bertz CT molecular complexity index is 382. The fourth-order valence-corrected chi connectivity index (χ4v) is 2.65. The Morgan fingerprint density at radius 3 is 2.65 bits per heavy atom. The van der Waals surface area contributed by atoms with Crippen LogP contribution in [0.5, 0.6) is 0 Å². The highest BCUT2D eigenvalue weighted by Crippen LogP contribution is 2.16. The van der Waals surface area contributed by atoms with Crippen LogP contribution in [0.4, 0.5) is 0 Å². The van der Waals surface area contributed by atoms with Gasteiger partial charge in [-0.1, -0.05) is 38.1 Å².